The van der Waals surface area contributed by atoms with Crippen molar-refractivity contribution in [2.75, 3.05) is 0 Å². The minimum Gasteiger partial charge on any atom is -0.464 e. The van der Waals surface area contributed by atoms with E-state index in [2.05, 4.69) is 10.1 Å². The first-order valence-electron chi connectivity index (χ1n) is 4.96. The van der Waals surface area contributed by atoms with Gasteiger partial charge in [-0.25, -0.2) is 14.3 Å². The van der Waals surface area contributed by atoms with Gasteiger partial charge in [0, 0.05) is 30.2 Å². The van der Waals surface area contributed by atoms with E-state index >= 15 is 0 Å². The number of aromatic nitrogens is 3. The molecule has 84 valence electrons. The Morgan fingerprint density at radius 1 is 1.29 bits per heavy atom. The van der Waals surface area contributed by atoms with E-state index in [4.69, 9.17) is 5.11 Å². The van der Waals surface area contributed by atoms with Crippen LogP contribution in [0.1, 0.15) is 11.3 Å². The highest BCUT2D eigenvalue weighted by Crippen LogP contribution is 2.16. The Labute approximate surface area is 96.1 Å². The second kappa shape index (κ2) is 3.44. The van der Waals surface area contributed by atoms with Gasteiger partial charge in [0.15, 0.2) is 5.65 Å². The van der Waals surface area contributed by atoms with Crippen molar-refractivity contribution in [1.29, 1.82) is 0 Å². The number of hydrogen-bond acceptors (Lipinski definition) is 3. The van der Waals surface area contributed by atoms with Crippen molar-refractivity contribution in [3.63, 3.8) is 0 Å². The van der Waals surface area contributed by atoms with Gasteiger partial charge in [-0.3, -0.25) is 4.90 Å². The normalized spacial score (nSPS) is 13.8. The number of carbonyl (C=O) groups is 1. The summed E-state index contributed by atoms with van der Waals surface area (Å²) in [6, 6.07) is 1.79. The Kier molecular flexibility index (Phi) is 1.94. The molecule has 0 aromatic carbocycles. The largest absolute Gasteiger partial charge is 0.464 e. The predicted molar refractivity (Wildman–Crippen MR) is 60.9 cm³/mol. The van der Waals surface area contributed by atoms with E-state index in [1.54, 1.807) is 28.9 Å². The lowest BCUT2D eigenvalue weighted by atomic mass is 10.2. The topological polar surface area (TPSA) is 70.7 Å². The lowest BCUT2D eigenvalue weighted by Gasteiger charge is -2.04. The molecule has 6 nitrogen and oxygen atoms in total. The summed E-state index contributed by atoms with van der Waals surface area (Å²) < 4.78 is 1.65. The van der Waals surface area contributed by atoms with Gasteiger partial charge in [0.25, 0.3) is 0 Å². The van der Waals surface area contributed by atoms with Crippen LogP contribution in [0.25, 0.3) is 17.8 Å². The van der Waals surface area contributed by atoms with E-state index in [1.807, 2.05) is 6.20 Å². The van der Waals surface area contributed by atoms with Crippen molar-refractivity contribution >= 4 is 23.9 Å². The second-order valence-corrected chi connectivity index (χ2v) is 3.54. The van der Waals surface area contributed by atoms with Gasteiger partial charge >= 0.3 is 6.09 Å². The van der Waals surface area contributed by atoms with Crippen LogP contribution in [0.4, 0.5) is 4.79 Å². The second-order valence-electron chi connectivity index (χ2n) is 3.54. The fourth-order valence-electron chi connectivity index (χ4n) is 1.63. The van der Waals surface area contributed by atoms with Crippen molar-refractivity contribution in [3.8, 4) is 0 Å². The minimum absolute atomic E-state index is 0.720. The molecule has 2 aromatic heterocycles. The van der Waals surface area contributed by atoms with Gasteiger partial charge in [-0.05, 0) is 12.2 Å². The molecule has 6 heteroatoms. The maximum Gasteiger partial charge on any atom is 0.415 e. The lowest BCUT2D eigenvalue weighted by Crippen LogP contribution is -2.15. The van der Waals surface area contributed by atoms with Crippen molar-refractivity contribution in [1.82, 2.24) is 19.5 Å². The molecule has 0 saturated heterocycles. The van der Waals surface area contributed by atoms with Gasteiger partial charge in [0.2, 0.25) is 0 Å². The first kappa shape index (κ1) is 9.59. The Bertz CT molecular complexity index is 609. The molecule has 1 N–H and O–H groups in total. The van der Waals surface area contributed by atoms with E-state index in [0.29, 0.717) is 0 Å². The molecule has 3 heterocycles. The molecule has 1 aliphatic heterocycles. The van der Waals surface area contributed by atoms with Gasteiger partial charge in [-0.2, -0.15) is 5.10 Å². The minimum atomic E-state index is -1.03. The Morgan fingerprint density at radius 3 is 2.94 bits per heavy atom. The molecule has 1 amide bonds. The maximum atomic E-state index is 10.8. The highest BCUT2D eigenvalue weighted by atomic mass is 16.4. The summed E-state index contributed by atoms with van der Waals surface area (Å²) in [6.45, 7) is 0. The summed E-state index contributed by atoms with van der Waals surface area (Å²) in [4.78, 5) is 16.3. The van der Waals surface area contributed by atoms with Crippen LogP contribution in [0.2, 0.25) is 0 Å². The maximum absolute atomic E-state index is 10.8. The molecule has 0 unspecified atom stereocenters. The molecule has 0 bridgehead atoms. The first-order chi connectivity index (χ1) is 8.24. The number of nitrogens with zero attached hydrogens (tertiary/aromatic N) is 4. The van der Waals surface area contributed by atoms with E-state index in [9.17, 15) is 4.79 Å². The van der Waals surface area contributed by atoms with Crippen LogP contribution in [0.3, 0.4) is 0 Å². The van der Waals surface area contributed by atoms with E-state index in [0.717, 1.165) is 21.8 Å². The Morgan fingerprint density at radius 2 is 2.12 bits per heavy atom. The molecule has 0 atom stereocenters. The van der Waals surface area contributed by atoms with Crippen molar-refractivity contribution in [2.45, 2.75) is 0 Å². The standard InChI is InChI=1S/C11H8N4O2/c16-11(17)14-5-2-8-7-15-10(1-4-12-15)13-9(8)3-6-14/h1-7H,(H,16,17). The number of fused-ring (bicyclic) bond motifs is 2. The van der Waals surface area contributed by atoms with E-state index in [1.165, 1.54) is 12.4 Å². The summed E-state index contributed by atoms with van der Waals surface area (Å²) in [6.07, 6.45) is 8.73. The van der Waals surface area contributed by atoms with Crippen LogP contribution in [0, 0.1) is 0 Å². The summed E-state index contributed by atoms with van der Waals surface area (Å²) in [5.74, 6) is 0. The van der Waals surface area contributed by atoms with Crippen LogP contribution in [0.15, 0.2) is 30.9 Å². The third-order valence-corrected chi connectivity index (χ3v) is 2.47. The number of rotatable bonds is 0. The van der Waals surface area contributed by atoms with Crippen LogP contribution in [-0.2, 0) is 0 Å². The zero-order chi connectivity index (χ0) is 11.8. The molecule has 0 fully saturated rings. The van der Waals surface area contributed by atoms with Gasteiger partial charge < -0.3 is 5.11 Å². The predicted octanol–water partition coefficient (Wildman–Crippen LogP) is 1.66. The van der Waals surface area contributed by atoms with E-state index < -0.39 is 6.09 Å². The fraction of sp³-hybridized carbons (Fsp3) is 0. The third kappa shape index (κ3) is 1.55. The van der Waals surface area contributed by atoms with Crippen LogP contribution < -0.4 is 0 Å². The third-order valence-electron chi connectivity index (χ3n) is 2.47. The van der Waals surface area contributed by atoms with Gasteiger partial charge in [-0.15, -0.1) is 0 Å². The molecule has 0 spiro atoms. The monoisotopic (exact) mass is 228 g/mol. The number of carboxylic acid groups (broad SMARTS) is 1. The SMILES string of the molecule is O=C(O)N1C=Cc2cn3nccc3nc2C=C1. The molecule has 1 aliphatic rings. The number of hydrogen-bond donors (Lipinski definition) is 1. The first-order valence-corrected chi connectivity index (χ1v) is 4.96. The molecule has 2 aromatic rings. The molecule has 0 radical (unpaired) electrons. The lowest BCUT2D eigenvalue weighted by molar-refractivity contribution is 0.176. The summed E-state index contributed by atoms with van der Waals surface area (Å²) in [5.41, 5.74) is 2.27. The highest BCUT2D eigenvalue weighted by molar-refractivity contribution is 5.74. The quantitative estimate of drug-likeness (QED) is 0.744. The van der Waals surface area contributed by atoms with Crippen molar-refractivity contribution < 1.29 is 9.90 Å². The zero-order valence-corrected chi connectivity index (χ0v) is 8.69. The summed E-state index contributed by atoms with van der Waals surface area (Å²) in [7, 11) is 0. The van der Waals surface area contributed by atoms with Crippen LogP contribution in [0.5, 0.6) is 0 Å². The van der Waals surface area contributed by atoms with E-state index in [-0.39, 0.29) is 0 Å². The smallest absolute Gasteiger partial charge is 0.415 e. The average molecular weight is 228 g/mol. The van der Waals surface area contributed by atoms with Crippen molar-refractivity contribution in [2.24, 2.45) is 0 Å². The molecule has 3 rings (SSSR count). The molecular weight excluding hydrogens is 220 g/mol. The number of amides is 1. The van der Waals surface area contributed by atoms with Gasteiger partial charge in [0.1, 0.15) is 0 Å². The Hall–Kier alpha value is -2.63. The average Bonchev–Trinajstić information content (AvgIpc) is 2.64. The highest BCUT2D eigenvalue weighted by Gasteiger charge is 2.10. The van der Waals surface area contributed by atoms with Crippen LogP contribution >= 0.6 is 0 Å². The summed E-state index contributed by atoms with van der Waals surface area (Å²) >= 11 is 0. The van der Waals surface area contributed by atoms with Crippen molar-refractivity contribution in [3.05, 3.63) is 42.1 Å². The van der Waals surface area contributed by atoms with Gasteiger partial charge in [-0.1, -0.05) is 0 Å². The summed E-state index contributed by atoms with van der Waals surface area (Å²) in [5, 5.41) is 13.0. The zero-order valence-electron chi connectivity index (χ0n) is 8.69. The fourth-order valence-corrected chi connectivity index (χ4v) is 1.63. The molecular formula is C11H8N4O2. The molecule has 0 aliphatic carbocycles. The van der Waals surface area contributed by atoms with Gasteiger partial charge in [0.05, 0.1) is 11.9 Å². The molecule has 17 heavy (non-hydrogen) atoms. The molecule has 0 saturated carbocycles. The Balaban J connectivity index is 2.15. The van der Waals surface area contributed by atoms with Crippen LogP contribution in [-0.4, -0.2) is 30.7 Å².